The number of aliphatic hydroxyl groups is 1. The molecule has 0 saturated heterocycles. The Bertz CT molecular complexity index is 1280. The van der Waals surface area contributed by atoms with Crippen molar-refractivity contribution >= 4 is 17.7 Å². The van der Waals surface area contributed by atoms with Crippen LogP contribution in [0.2, 0.25) is 0 Å². The number of hydrogen-bond acceptors (Lipinski definition) is 8. The lowest BCUT2D eigenvalue weighted by Crippen LogP contribution is -2.23. The summed E-state index contributed by atoms with van der Waals surface area (Å²) in [6.07, 6.45) is 1.89. The first kappa shape index (κ1) is 23.7. The highest BCUT2D eigenvalue weighted by Crippen LogP contribution is 2.32. The number of hydrogen-bond donors (Lipinski definition) is 2. The summed E-state index contributed by atoms with van der Waals surface area (Å²) in [6.45, 7) is 5.62. The number of tetrazole rings is 1. The second kappa shape index (κ2) is 9.78. The molecule has 2 aromatic carbocycles. The first-order valence-corrected chi connectivity index (χ1v) is 12.0. The van der Waals surface area contributed by atoms with Crippen molar-refractivity contribution < 1.29 is 14.6 Å². The van der Waals surface area contributed by atoms with Gasteiger partial charge in [0, 0.05) is 5.56 Å². The van der Waals surface area contributed by atoms with Crippen LogP contribution in [0.1, 0.15) is 42.5 Å². The molecule has 0 atom stereocenters. The summed E-state index contributed by atoms with van der Waals surface area (Å²) in [4.78, 5) is 17.4. The maximum atomic E-state index is 12.8. The lowest BCUT2D eigenvalue weighted by molar-refractivity contribution is 0.0469. The van der Waals surface area contributed by atoms with Crippen LogP contribution in [0.3, 0.4) is 0 Å². The number of esters is 1. The molecule has 4 aromatic rings. The van der Waals surface area contributed by atoms with E-state index >= 15 is 0 Å². The van der Waals surface area contributed by atoms with Gasteiger partial charge in [0.05, 0.1) is 13.2 Å². The molecule has 0 saturated carbocycles. The Kier molecular flexibility index (Phi) is 6.80. The zero-order chi connectivity index (χ0) is 24.3. The van der Waals surface area contributed by atoms with Gasteiger partial charge in [-0.3, -0.25) is 0 Å². The van der Waals surface area contributed by atoms with Crippen LogP contribution in [0, 0.1) is 0 Å². The predicted molar refractivity (Wildman–Crippen MR) is 129 cm³/mol. The van der Waals surface area contributed by atoms with Gasteiger partial charge in [0.25, 0.3) is 0 Å². The summed E-state index contributed by atoms with van der Waals surface area (Å²) in [6, 6.07) is 15.9. The monoisotopic (exact) mass is 478 g/mol. The van der Waals surface area contributed by atoms with Crippen molar-refractivity contribution in [2.24, 2.45) is 0 Å². The SMILES string of the molecule is CCOC(=O)c1c(C(C)(C)O)nc(SC)n1Cc1ccc(-c2ccccc2-c2nnn[nH]2)cc1. The number of carbonyl (C=O) groups is 1. The minimum Gasteiger partial charge on any atom is -0.461 e. The van der Waals surface area contributed by atoms with Gasteiger partial charge >= 0.3 is 5.97 Å². The smallest absolute Gasteiger partial charge is 0.357 e. The van der Waals surface area contributed by atoms with Crippen molar-refractivity contribution in [2.75, 3.05) is 12.9 Å². The van der Waals surface area contributed by atoms with Gasteiger partial charge in [-0.15, -0.1) is 5.10 Å². The van der Waals surface area contributed by atoms with Gasteiger partial charge in [0.15, 0.2) is 16.7 Å². The Labute approximate surface area is 201 Å². The lowest BCUT2D eigenvalue weighted by Gasteiger charge is -2.17. The molecule has 2 N–H and O–H groups in total. The molecule has 34 heavy (non-hydrogen) atoms. The van der Waals surface area contributed by atoms with E-state index in [1.165, 1.54) is 11.8 Å². The van der Waals surface area contributed by atoms with Crippen LogP contribution in [0.25, 0.3) is 22.5 Å². The molecule has 176 valence electrons. The third kappa shape index (κ3) is 4.73. The lowest BCUT2D eigenvalue weighted by atomic mass is 9.98. The largest absolute Gasteiger partial charge is 0.461 e. The highest BCUT2D eigenvalue weighted by Gasteiger charge is 2.32. The molecule has 9 nitrogen and oxygen atoms in total. The first-order valence-electron chi connectivity index (χ1n) is 10.8. The van der Waals surface area contributed by atoms with Crippen molar-refractivity contribution in [1.82, 2.24) is 30.2 Å². The average Bonchev–Trinajstić information content (AvgIpc) is 3.48. The van der Waals surface area contributed by atoms with E-state index in [4.69, 9.17) is 4.74 Å². The van der Waals surface area contributed by atoms with Crippen LogP contribution in [-0.2, 0) is 16.9 Å². The molecule has 0 fully saturated rings. The number of aromatic amines is 1. The number of thioether (sulfide) groups is 1. The highest BCUT2D eigenvalue weighted by molar-refractivity contribution is 7.98. The van der Waals surface area contributed by atoms with E-state index in [0.29, 0.717) is 23.2 Å². The minimum absolute atomic E-state index is 0.235. The Morgan fingerprint density at radius 1 is 1.15 bits per heavy atom. The van der Waals surface area contributed by atoms with Crippen molar-refractivity contribution in [2.45, 2.75) is 38.1 Å². The maximum absolute atomic E-state index is 12.8. The summed E-state index contributed by atoms with van der Waals surface area (Å²) < 4.78 is 7.09. The van der Waals surface area contributed by atoms with Gasteiger partial charge in [-0.2, -0.15) is 0 Å². The van der Waals surface area contributed by atoms with Crippen LogP contribution in [0.15, 0.2) is 53.7 Å². The Morgan fingerprint density at radius 2 is 1.85 bits per heavy atom. The number of rotatable bonds is 8. The summed E-state index contributed by atoms with van der Waals surface area (Å²) in [5, 5.41) is 25.5. The molecule has 4 rings (SSSR count). The number of H-pyrrole nitrogens is 1. The molecule has 0 radical (unpaired) electrons. The fraction of sp³-hybridized carbons (Fsp3) is 0.292. The van der Waals surface area contributed by atoms with E-state index in [1.54, 1.807) is 25.3 Å². The third-order valence-electron chi connectivity index (χ3n) is 5.30. The molecule has 10 heteroatoms. The molecular weight excluding hydrogens is 452 g/mol. The maximum Gasteiger partial charge on any atom is 0.357 e. The average molecular weight is 479 g/mol. The van der Waals surface area contributed by atoms with Gasteiger partial charge in [-0.1, -0.05) is 60.3 Å². The predicted octanol–water partition coefficient (Wildman–Crippen LogP) is 3.90. The van der Waals surface area contributed by atoms with Gasteiger partial charge in [-0.25, -0.2) is 14.9 Å². The first-order chi connectivity index (χ1) is 16.3. The summed E-state index contributed by atoms with van der Waals surface area (Å²) in [5.41, 5.74) is 3.17. The molecular formula is C24H26N6O3S. The molecule has 0 unspecified atom stereocenters. The van der Waals surface area contributed by atoms with E-state index in [2.05, 4.69) is 25.6 Å². The zero-order valence-corrected chi connectivity index (χ0v) is 20.3. The minimum atomic E-state index is -1.29. The molecule has 2 heterocycles. The standard InChI is InChI=1S/C24H26N6O3S/c1-5-33-22(31)19-20(24(2,3)32)25-23(34-4)30(19)14-15-10-12-16(13-11-15)17-8-6-7-9-18(17)21-26-28-29-27-21/h6-13,32H,5,14H2,1-4H3,(H,26,27,28,29). The Balaban J connectivity index is 1.70. The molecule has 0 amide bonds. The van der Waals surface area contributed by atoms with Crippen LogP contribution in [-0.4, -0.2) is 54.1 Å². The fourth-order valence-corrected chi connectivity index (χ4v) is 4.31. The molecule has 0 spiro atoms. The summed E-state index contributed by atoms with van der Waals surface area (Å²) in [5.74, 6) is 0.0968. The van der Waals surface area contributed by atoms with E-state index < -0.39 is 11.6 Å². The Morgan fingerprint density at radius 3 is 2.44 bits per heavy atom. The molecule has 0 bridgehead atoms. The number of carbonyl (C=O) groups excluding carboxylic acids is 1. The summed E-state index contributed by atoms with van der Waals surface area (Å²) >= 11 is 1.41. The zero-order valence-electron chi connectivity index (χ0n) is 19.4. The van der Waals surface area contributed by atoms with Gasteiger partial charge in [-0.05, 0) is 54.1 Å². The molecule has 0 aliphatic rings. The second-order valence-corrected chi connectivity index (χ2v) is 8.93. The fourth-order valence-electron chi connectivity index (χ4n) is 3.75. The quantitative estimate of drug-likeness (QED) is 0.289. The number of ether oxygens (including phenoxy) is 1. The topological polar surface area (TPSA) is 119 Å². The van der Waals surface area contributed by atoms with Crippen molar-refractivity contribution in [3.8, 4) is 22.5 Å². The number of benzene rings is 2. The normalized spacial score (nSPS) is 11.6. The van der Waals surface area contributed by atoms with Gasteiger partial charge in [0.1, 0.15) is 11.3 Å². The number of aromatic nitrogens is 6. The van der Waals surface area contributed by atoms with E-state index in [-0.39, 0.29) is 12.3 Å². The number of imidazole rings is 1. The molecule has 0 aliphatic heterocycles. The van der Waals surface area contributed by atoms with E-state index in [9.17, 15) is 9.90 Å². The number of nitrogens with zero attached hydrogens (tertiary/aromatic N) is 5. The van der Waals surface area contributed by atoms with Crippen LogP contribution in [0.5, 0.6) is 0 Å². The number of nitrogens with one attached hydrogen (secondary N) is 1. The van der Waals surface area contributed by atoms with Crippen LogP contribution < -0.4 is 0 Å². The van der Waals surface area contributed by atoms with E-state index in [1.807, 2.05) is 54.8 Å². The van der Waals surface area contributed by atoms with Crippen LogP contribution >= 0.6 is 11.8 Å². The molecule has 2 aromatic heterocycles. The molecule has 0 aliphatic carbocycles. The highest BCUT2D eigenvalue weighted by atomic mass is 32.2. The van der Waals surface area contributed by atoms with Gasteiger partial charge in [0.2, 0.25) is 0 Å². The van der Waals surface area contributed by atoms with Crippen molar-refractivity contribution in [1.29, 1.82) is 0 Å². The van der Waals surface area contributed by atoms with E-state index in [0.717, 1.165) is 22.3 Å². The third-order valence-corrected chi connectivity index (χ3v) is 5.97. The Hall–Kier alpha value is -3.50. The second-order valence-electron chi connectivity index (χ2n) is 8.15. The van der Waals surface area contributed by atoms with Crippen molar-refractivity contribution in [3.63, 3.8) is 0 Å². The van der Waals surface area contributed by atoms with Crippen molar-refractivity contribution in [3.05, 3.63) is 65.5 Å². The van der Waals surface area contributed by atoms with Crippen LogP contribution in [0.4, 0.5) is 0 Å². The summed E-state index contributed by atoms with van der Waals surface area (Å²) in [7, 11) is 0. The van der Waals surface area contributed by atoms with Gasteiger partial charge < -0.3 is 14.4 Å².